The van der Waals surface area contributed by atoms with Crippen LogP contribution in [0.5, 0.6) is 0 Å². The smallest absolute Gasteiger partial charge is 0.268 e. The van der Waals surface area contributed by atoms with Gasteiger partial charge in [0.05, 0.1) is 0 Å². The van der Waals surface area contributed by atoms with E-state index in [-0.39, 0.29) is 5.91 Å². The Balaban J connectivity index is 1.73. The highest BCUT2D eigenvalue weighted by Crippen LogP contribution is 2.31. The molecule has 0 saturated heterocycles. The summed E-state index contributed by atoms with van der Waals surface area (Å²) in [4.78, 5) is 19.0. The Morgan fingerprint density at radius 2 is 2.37 bits per heavy atom. The molecular weight excluding hydrogens is 260 g/mol. The molecule has 0 aromatic carbocycles. The molecule has 1 saturated carbocycles. The minimum atomic E-state index is 0.00240. The lowest BCUT2D eigenvalue weighted by atomic mass is 10.1. The maximum atomic E-state index is 12.4. The molecule has 0 atom stereocenters. The van der Waals surface area contributed by atoms with Crippen molar-refractivity contribution >= 4 is 28.2 Å². The molecule has 3 rings (SSSR count). The van der Waals surface area contributed by atoms with E-state index in [1.165, 1.54) is 29.8 Å². The second-order valence-electron chi connectivity index (χ2n) is 5.20. The van der Waals surface area contributed by atoms with Gasteiger partial charge in [-0.2, -0.15) is 0 Å². The van der Waals surface area contributed by atoms with E-state index in [1.807, 2.05) is 4.90 Å². The first-order chi connectivity index (χ1) is 9.13. The van der Waals surface area contributed by atoms with Crippen LogP contribution in [-0.2, 0) is 0 Å². The number of nitrogens with two attached hydrogens (primary N) is 1. The zero-order chi connectivity index (χ0) is 13.4. The van der Waals surface area contributed by atoms with Crippen molar-refractivity contribution in [3.05, 3.63) is 16.5 Å². The van der Waals surface area contributed by atoms with Gasteiger partial charge in [-0.25, -0.2) is 4.98 Å². The molecule has 2 aliphatic rings. The zero-order valence-corrected chi connectivity index (χ0v) is 11.8. The largest absolute Gasteiger partial charge is 0.382 e. The van der Waals surface area contributed by atoms with Gasteiger partial charge in [0.15, 0.2) is 5.13 Å². The van der Waals surface area contributed by atoms with Gasteiger partial charge >= 0.3 is 0 Å². The third kappa shape index (κ3) is 2.73. The van der Waals surface area contributed by atoms with Gasteiger partial charge in [-0.05, 0) is 26.2 Å². The van der Waals surface area contributed by atoms with Crippen LogP contribution in [0, 0.1) is 0 Å². The molecule has 1 aliphatic heterocycles. The van der Waals surface area contributed by atoms with Crippen LogP contribution in [0.1, 0.15) is 35.9 Å². The van der Waals surface area contributed by atoms with Crippen molar-refractivity contribution in [2.24, 2.45) is 0 Å². The number of hydrogen-bond acceptors (Lipinski definition) is 5. The molecule has 3 N–H and O–H groups in total. The van der Waals surface area contributed by atoms with Crippen molar-refractivity contribution < 1.29 is 4.79 Å². The highest BCUT2D eigenvalue weighted by atomic mass is 32.1. The van der Waals surface area contributed by atoms with E-state index in [0.29, 0.717) is 23.3 Å². The minimum absolute atomic E-state index is 0.00240. The first-order valence-electron chi connectivity index (χ1n) is 6.61. The monoisotopic (exact) mass is 278 g/mol. The summed E-state index contributed by atoms with van der Waals surface area (Å²) in [5.74, 6) is 0.354. The van der Waals surface area contributed by atoms with E-state index in [2.05, 4.69) is 23.3 Å². The van der Waals surface area contributed by atoms with Crippen molar-refractivity contribution in [2.45, 2.75) is 32.2 Å². The second kappa shape index (κ2) is 4.85. The van der Waals surface area contributed by atoms with Crippen LogP contribution in [0.3, 0.4) is 0 Å². The van der Waals surface area contributed by atoms with Gasteiger partial charge in [0.2, 0.25) is 0 Å². The standard InChI is InChI=1S/C13H18N4OS/c1-8-4-6-17(7-5-8)12(18)10-11(14)16-13(19-10)15-9-2-3-9/h4,9H,2-3,5-7,14H2,1H3,(H,15,16). The predicted molar refractivity (Wildman–Crippen MR) is 77.4 cm³/mol. The molecule has 0 radical (unpaired) electrons. The topological polar surface area (TPSA) is 71.2 Å². The minimum Gasteiger partial charge on any atom is -0.382 e. The number of nitrogens with zero attached hydrogens (tertiary/aromatic N) is 2. The van der Waals surface area contributed by atoms with Crippen LogP contribution >= 0.6 is 11.3 Å². The lowest BCUT2D eigenvalue weighted by Gasteiger charge is -2.24. The number of anilines is 2. The maximum Gasteiger partial charge on any atom is 0.268 e. The van der Waals surface area contributed by atoms with Crippen molar-refractivity contribution in [2.75, 3.05) is 24.1 Å². The molecule has 5 nitrogen and oxygen atoms in total. The summed E-state index contributed by atoms with van der Waals surface area (Å²) in [6.07, 6.45) is 5.40. The summed E-state index contributed by atoms with van der Waals surface area (Å²) in [7, 11) is 0. The second-order valence-corrected chi connectivity index (χ2v) is 6.20. The van der Waals surface area contributed by atoms with E-state index < -0.39 is 0 Å². The molecule has 1 aromatic heterocycles. The number of hydrogen-bond donors (Lipinski definition) is 2. The molecule has 19 heavy (non-hydrogen) atoms. The summed E-state index contributed by atoms with van der Waals surface area (Å²) in [5.41, 5.74) is 7.21. The number of carbonyl (C=O) groups excluding carboxylic acids is 1. The van der Waals surface area contributed by atoms with Crippen molar-refractivity contribution in [1.29, 1.82) is 0 Å². The Morgan fingerprint density at radius 3 is 3.00 bits per heavy atom. The van der Waals surface area contributed by atoms with E-state index in [4.69, 9.17) is 5.73 Å². The normalized spacial score (nSPS) is 19.2. The third-order valence-electron chi connectivity index (χ3n) is 3.48. The highest BCUT2D eigenvalue weighted by Gasteiger charge is 2.26. The van der Waals surface area contributed by atoms with Crippen LogP contribution < -0.4 is 11.1 Å². The Bertz CT molecular complexity index is 533. The lowest BCUT2D eigenvalue weighted by molar-refractivity contribution is 0.0774. The Hall–Kier alpha value is -1.56. The molecule has 102 valence electrons. The van der Waals surface area contributed by atoms with Gasteiger partial charge in [-0.3, -0.25) is 4.79 Å². The zero-order valence-electron chi connectivity index (χ0n) is 11.0. The molecule has 0 unspecified atom stereocenters. The molecule has 6 heteroatoms. The molecule has 0 spiro atoms. The predicted octanol–water partition coefficient (Wildman–Crippen LogP) is 2.09. The fourth-order valence-electron chi connectivity index (χ4n) is 2.05. The van der Waals surface area contributed by atoms with Crippen LogP contribution in [0.25, 0.3) is 0 Å². The van der Waals surface area contributed by atoms with E-state index in [0.717, 1.165) is 18.1 Å². The van der Waals surface area contributed by atoms with Gasteiger partial charge in [-0.1, -0.05) is 23.0 Å². The maximum absolute atomic E-state index is 12.4. The van der Waals surface area contributed by atoms with Gasteiger partial charge in [0.1, 0.15) is 10.7 Å². The van der Waals surface area contributed by atoms with Crippen molar-refractivity contribution in [3.8, 4) is 0 Å². The number of nitrogen functional groups attached to an aromatic ring is 1. The van der Waals surface area contributed by atoms with Gasteiger partial charge in [0.25, 0.3) is 5.91 Å². The van der Waals surface area contributed by atoms with Gasteiger partial charge in [-0.15, -0.1) is 0 Å². The highest BCUT2D eigenvalue weighted by molar-refractivity contribution is 7.18. The van der Waals surface area contributed by atoms with Gasteiger partial charge in [0, 0.05) is 19.1 Å². The fourth-order valence-corrected chi connectivity index (χ4v) is 2.98. The Morgan fingerprint density at radius 1 is 1.58 bits per heavy atom. The quantitative estimate of drug-likeness (QED) is 0.831. The van der Waals surface area contributed by atoms with Crippen LogP contribution in [0.15, 0.2) is 11.6 Å². The summed E-state index contributed by atoms with van der Waals surface area (Å²) in [6, 6.07) is 0.522. The molecular formula is C13H18N4OS. The lowest BCUT2D eigenvalue weighted by Crippen LogP contribution is -2.34. The third-order valence-corrected chi connectivity index (χ3v) is 4.47. The van der Waals surface area contributed by atoms with Gasteiger partial charge < -0.3 is 16.0 Å². The van der Waals surface area contributed by atoms with Crippen molar-refractivity contribution in [1.82, 2.24) is 9.88 Å². The number of amides is 1. The molecule has 1 aromatic rings. The molecule has 2 heterocycles. The van der Waals surface area contributed by atoms with E-state index in [1.54, 1.807) is 0 Å². The number of carbonyl (C=O) groups is 1. The number of thiazole rings is 1. The molecule has 0 bridgehead atoms. The number of nitrogens with one attached hydrogen (secondary N) is 1. The Kier molecular flexibility index (Phi) is 3.18. The Labute approximate surface area is 116 Å². The average molecular weight is 278 g/mol. The fraction of sp³-hybridized carbons (Fsp3) is 0.538. The van der Waals surface area contributed by atoms with Crippen LogP contribution in [-0.4, -0.2) is 34.9 Å². The first kappa shape index (κ1) is 12.5. The van der Waals surface area contributed by atoms with Crippen LogP contribution in [0.2, 0.25) is 0 Å². The first-order valence-corrected chi connectivity index (χ1v) is 7.43. The van der Waals surface area contributed by atoms with E-state index >= 15 is 0 Å². The summed E-state index contributed by atoms with van der Waals surface area (Å²) < 4.78 is 0. The molecule has 1 fully saturated rings. The van der Waals surface area contributed by atoms with Crippen molar-refractivity contribution in [3.63, 3.8) is 0 Å². The molecule has 1 amide bonds. The SMILES string of the molecule is CC1=CCN(C(=O)c2sc(NC3CC3)nc2N)CC1. The summed E-state index contributed by atoms with van der Waals surface area (Å²) in [6.45, 7) is 3.54. The van der Waals surface area contributed by atoms with Crippen LogP contribution in [0.4, 0.5) is 10.9 Å². The summed E-state index contributed by atoms with van der Waals surface area (Å²) >= 11 is 1.37. The number of rotatable bonds is 3. The molecule has 1 aliphatic carbocycles. The summed E-state index contributed by atoms with van der Waals surface area (Å²) in [5, 5.41) is 4.06. The number of aromatic nitrogens is 1. The average Bonchev–Trinajstić information content (AvgIpc) is 3.12. The van der Waals surface area contributed by atoms with E-state index in [9.17, 15) is 4.79 Å².